The van der Waals surface area contributed by atoms with Gasteiger partial charge in [-0.3, -0.25) is 9.80 Å². The first-order chi connectivity index (χ1) is 12.5. The molecule has 0 unspecified atom stereocenters. The number of hydrogen-bond donors (Lipinski definition) is 2. The maximum absolute atomic E-state index is 9.76. The summed E-state index contributed by atoms with van der Waals surface area (Å²) in [6.45, 7) is 7.89. The lowest BCUT2D eigenvalue weighted by atomic mass is 9.88. The monoisotopic (exact) mass is 394 g/mol. The molecular formula is C20H24Cl2N2O2. The number of nitrogens with zero attached hydrogens (tertiary/aromatic N) is 2. The van der Waals surface area contributed by atoms with E-state index in [-0.39, 0.29) is 23.6 Å². The fourth-order valence-electron chi connectivity index (χ4n) is 3.89. The Balaban J connectivity index is 2.16. The molecule has 26 heavy (non-hydrogen) atoms. The molecule has 1 fully saturated rings. The van der Waals surface area contributed by atoms with Crippen LogP contribution in [-0.2, 0) is 0 Å². The Morgan fingerprint density at radius 3 is 1.50 bits per heavy atom. The molecule has 0 radical (unpaired) electrons. The molecular weight excluding hydrogens is 371 g/mol. The molecule has 140 valence electrons. The van der Waals surface area contributed by atoms with Crippen LogP contribution in [0.15, 0.2) is 36.4 Å². The number of aromatic hydroxyl groups is 2. The molecule has 0 saturated carbocycles. The number of rotatable bonds is 4. The Bertz CT molecular complexity index is 719. The van der Waals surface area contributed by atoms with Crippen LogP contribution in [0.2, 0.25) is 10.0 Å². The second-order valence-electron chi connectivity index (χ2n) is 6.56. The Morgan fingerprint density at radius 2 is 1.19 bits per heavy atom. The number of phenolic OH excluding ortho intramolecular Hbond substituents is 2. The van der Waals surface area contributed by atoms with Crippen LogP contribution in [0, 0.1) is 0 Å². The first kappa shape index (κ1) is 19.3. The van der Waals surface area contributed by atoms with Crippen LogP contribution in [0.3, 0.4) is 0 Å². The van der Waals surface area contributed by atoms with Crippen molar-refractivity contribution in [1.82, 2.24) is 9.80 Å². The predicted octanol–water partition coefficient (Wildman–Crippen LogP) is 4.84. The average molecular weight is 395 g/mol. The lowest BCUT2D eigenvalue weighted by Crippen LogP contribution is -2.50. The van der Waals surface area contributed by atoms with Gasteiger partial charge in [0.25, 0.3) is 0 Å². The minimum Gasteiger partial charge on any atom is -0.508 e. The van der Waals surface area contributed by atoms with Gasteiger partial charge in [0.15, 0.2) is 0 Å². The van der Waals surface area contributed by atoms with E-state index in [1.165, 1.54) is 0 Å². The molecule has 1 aliphatic heterocycles. The van der Waals surface area contributed by atoms with E-state index in [0.717, 1.165) is 37.3 Å². The van der Waals surface area contributed by atoms with Gasteiger partial charge in [-0.15, -0.1) is 0 Å². The second kappa shape index (κ2) is 8.05. The van der Waals surface area contributed by atoms with Gasteiger partial charge in [0.1, 0.15) is 11.5 Å². The molecule has 4 nitrogen and oxygen atoms in total. The van der Waals surface area contributed by atoms with Crippen molar-refractivity contribution >= 4 is 23.2 Å². The normalized spacial score (nSPS) is 21.8. The van der Waals surface area contributed by atoms with Gasteiger partial charge in [-0.1, -0.05) is 49.2 Å². The van der Waals surface area contributed by atoms with Crippen molar-refractivity contribution in [2.24, 2.45) is 0 Å². The van der Waals surface area contributed by atoms with Gasteiger partial charge in [-0.25, -0.2) is 0 Å². The predicted molar refractivity (Wildman–Crippen MR) is 106 cm³/mol. The van der Waals surface area contributed by atoms with E-state index in [0.29, 0.717) is 10.0 Å². The highest BCUT2D eigenvalue weighted by Crippen LogP contribution is 2.46. The Labute approximate surface area is 164 Å². The van der Waals surface area contributed by atoms with Crippen LogP contribution < -0.4 is 0 Å². The topological polar surface area (TPSA) is 46.9 Å². The number of piperazine rings is 1. The van der Waals surface area contributed by atoms with E-state index in [2.05, 4.69) is 23.6 Å². The van der Waals surface area contributed by atoms with Crippen molar-refractivity contribution in [2.75, 3.05) is 26.2 Å². The summed E-state index contributed by atoms with van der Waals surface area (Å²) < 4.78 is 0. The number of likely N-dealkylation sites (N-methyl/N-ethyl adjacent to an activating group) is 2. The minimum atomic E-state index is 0.00356. The van der Waals surface area contributed by atoms with Crippen molar-refractivity contribution < 1.29 is 10.2 Å². The van der Waals surface area contributed by atoms with Gasteiger partial charge in [0.2, 0.25) is 0 Å². The van der Waals surface area contributed by atoms with Crippen molar-refractivity contribution in [3.05, 3.63) is 57.6 Å². The molecule has 6 heteroatoms. The third kappa shape index (κ3) is 3.65. The first-order valence-corrected chi connectivity index (χ1v) is 9.66. The minimum absolute atomic E-state index is 0.00356. The van der Waals surface area contributed by atoms with Crippen molar-refractivity contribution in [3.8, 4) is 11.5 Å². The average Bonchev–Trinajstić information content (AvgIpc) is 2.61. The van der Waals surface area contributed by atoms with Crippen LogP contribution in [0.4, 0.5) is 0 Å². The van der Waals surface area contributed by atoms with Crippen LogP contribution in [0.1, 0.15) is 37.1 Å². The van der Waals surface area contributed by atoms with Crippen LogP contribution in [0.5, 0.6) is 11.5 Å². The third-order valence-electron chi connectivity index (χ3n) is 5.18. The summed E-state index contributed by atoms with van der Waals surface area (Å²) >= 11 is 13.0. The summed E-state index contributed by atoms with van der Waals surface area (Å²) in [6, 6.07) is 10.3. The number of halogens is 2. The molecule has 0 aromatic heterocycles. The van der Waals surface area contributed by atoms with Gasteiger partial charge in [-0.2, -0.15) is 0 Å². The summed E-state index contributed by atoms with van der Waals surface area (Å²) in [7, 11) is 0. The van der Waals surface area contributed by atoms with Gasteiger partial charge < -0.3 is 10.2 Å². The lowest BCUT2D eigenvalue weighted by molar-refractivity contribution is 0.0228. The van der Waals surface area contributed by atoms with Gasteiger partial charge in [0, 0.05) is 23.1 Å². The molecule has 1 heterocycles. The van der Waals surface area contributed by atoms with Gasteiger partial charge in [0.05, 0.1) is 12.1 Å². The highest BCUT2D eigenvalue weighted by Gasteiger charge is 2.39. The largest absolute Gasteiger partial charge is 0.508 e. The lowest BCUT2D eigenvalue weighted by Gasteiger charge is -2.48. The highest BCUT2D eigenvalue weighted by molar-refractivity contribution is 6.32. The summed E-state index contributed by atoms with van der Waals surface area (Å²) in [5.74, 6) is 0.313. The van der Waals surface area contributed by atoms with E-state index in [4.69, 9.17) is 23.2 Å². The van der Waals surface area contributed by atoms with Crippen LogP contribution >= 0.6 is 23.2 Å². The maximum Gasteiger partial charge on any atom is 0.117 e. The fraction of sp³-hybridized carbons (Fsp3) is 0.400. The van der Waals surface area contributed by atoms with E-state index < -0.39 is 0 Å². The van der Waals surface area contributed by atoms with Crippen molar-refractivity contribution in [3.63, 3.8) is 0 Å². The van der Waals surface area contributed by atoms with E-state index in [1.807, 2.05) is 12.1 Å². The SMILES string of the molecule is CCN1CCN(CC)[C@@H](c2ccc(O)cc2Cl)[C@H]1c1ccc(O)cc1Cl. The second-order valence-corrected chi connectivity index (χ2v) is 7.37. The number of benzene rings is 2. The molecule has 0 amide bonds. The van der Waals surface area contributed by atoms with E-state index in [9.17, 15) is 10.2 Å². The third-order valence-corrected chi connectivity index (χ3v) is 5.83. The molecule has 2 atom stereocenters. The summed E-state index contributed by atoms with van der Waals surface area (Å²) in [5.41, 5.74) is 1.94. The van der Waals surface area contributed by atoms with Crippen LogP contribution in [0.25, 0.3) is 0 Å². The van der Waals surface area contributed by atoms with Crippen molar-refractivity contribution in [1.29, 1.82) is 0 Å². The van der Waals surface area contributed by atoms with E-state index in [1.54, 1.807) is 24.3 Å². The molecule has 1 aliphatic rings. The highest BCUT2D eigenvalue weighted by atomic mass is 35.5. The Hall–Kier alpha value is -1.46. The summed E-state index contributed by atoms with van der Waals surface area (Å²) in [6.07, 6.45) is 0. The first-order valence-electron chi connectivity index (χ1n) is 8.91. The Kier molecular flexibility index (Phi) is 5.98. The molecule has 0 bridgehead atoms. The number of hydrogen-bond acceptors (Lipinski definition) is 4. The summed E-state index contributed by atoms with van der Waals surface area (Å²) in [5, 5.41) is 20.6. The molecule has 3 rings (SSSR count). The van der Waals surface area contributed by atoms with Gasteiger partial charge in [-0.05, 0) is 48.5 Å². The van der Waals surface area contributed by atoms with Gasteiger partial charge >= 0.3 is 0 Å². The summed E-state index contributed by atoms with van der Waals surface area (Å²) in [4.78, 5) is 4.77. The molecule has 1 saturated heterocycles. The standard InChI is InChI=1S/C20H24Cl2N2O2/c1-3-23-9-10-24(4-2)20(16-8-6-14(26)12-18(16)22)19(23)15-7-5-13(25)11-17(15)21/h5-8,11-12,19-20,25-26H,3-4,9-10H2,1-2H3/t19-,20+. The van der Waals surface area contributed by atoms with Crippen molar-refractivity contribution in [2.45, 2.75) is 25.9 Å². The molecule has 0 spiro atoms. The maximum atomic E-state index is 9.76. The molecule has 2 N–H and O–H groups in total. The zero-order valence-electron chi connectivity index (χ0n) is 15.0. The zero-order valence-corrected chi connectivity index (χ0v) is 16.5. The molecule has 2 aromatic rings. The van der Waals surface area contributed by atoms with Crippen LogP contribution in [-0.4, -0.2) is 46.2 Å². The molecule has 2 aromatic carbocycles. The zero-order chi connectivity index (χ0) is 18.8. The number of phenols is 2. The smallest absolute Gasteiger partial charge is 0.117 e. The fourth-order valence-corrected chi connectivity index (χ4v) is 4.46. The quantitative estimate of drug-likeness (QED) is 0.778. The Morgan fingerprint density at radius 1 is 0.808 bits per heavy atom. The molecule has 0 aliphatic carbocycles. The van der Waals surface area contributed by atoms with E-state index >= 15 is 0 Å².